The first-order valence-electron chi connectivity index (χ1n) is 5.61. The molecule has 1 aromatic carbocycles. The van der Waals surface area contributed by atoms with Crippen LogP contribution in [0.4, 0.5) is 5.69 Å². The highest BCUT2D eigenvalue weighted by Gasteiger charge is 2.17. The van der Waals surface area contributed by atoms with Gasteiger partial charge >= 0.3 is 0 Å². The van der Waals surface area contributed by atoms with Crippen LogP contribution in [0, 0.1) is 0 Å². The standard InChI is InChI=1S/C12H15ClN2OS/c13-11-6-8(14)3-4-10(11)12(16)15-7-9-2-1-5-17-9/h3-4,6,9H,1-2,5,7,14H2,(H,15,16). The van der Waals surface area contributed by atoms with Crippen molar-refractivity contribution in [3.8, 4) is 0 Å². The molecule has 0 aromatic heterocycles. The van der Waals surface area contributed by atoms with E-state index in [-0.39, 0.29) is 5.91 Å². The van der Waals surface area contributed by atoms with Gasteiger partial charge in [0.15, 0.2) is 0 Å². The zero-order valence-electron chi connectivity index (χ0n) is 9.41. The van der Waals surface area contributed by atoms with E-state index < -0.39 is 0 Å². The molecular formula is C12H15ClN2OS. The topological polar surface area (TPSA) is 55.1 Å². The van der Waals surface area contributed by atoms with E-state index in [9.17, 15) is 4.79 Å². The molecule has 1 saturated heterocycles. The molecule has 1 aliphatic heterocycles. The van der Waals surface area contributed by atoms with Crippen molar-refractivity contribution in [1.29, 1.82) is 0 Å². The highest BCUT2D eigenvalue weighted by Crippen LogP contribution is 2.25. The summed E-state index contributed by atoms with van der Waals surface area (Å²) >= 11 is 7.89. The monoisotopic (exact) mass is 270 g/mol. The van der Waals surface area contributed by atoms with E-state index in [1.165, 1.54) is 18.6 Å². The molecule has 3 nitrogen and oxygen atoms in total. The second kappa shape index (κ2) is 5.65. The maximum Gasteiger partial charge on any atom is 0.252 e. The number of nitrogens with two attached hydrogens (primary N) is 1. The van der Waals surface area contributed by atoms with E-state index in [0.717, 1.165) is 0 Å². The third-order valence-electron chi connectivity index (χ3n) is 2.75. The molecule has 1 atom stereocenters. The fourth-order valence-electron chi connectivity index (χ4n) is 1.82. The summed E-state index contributed by atoms with van der Waals surface area (Å²) in [5, 5.41) is 3.87. The van der Waals surface area contributed by atoms with Crippen LogP contribution in [0.25, 0.3) is 0 Å². The van der Waals surface area contributed by atoms with Crippen LogP contribution in [0.5, 0.6) is 0 Å². The molecule has 1 unspecified atom stereocenters. The second-order valence-corrected chi connectivity index (χ2v) is 5.90. The van der Waals surface area contributed by atoms with Crippen molar-refractivity contribution in [3.63, 3.8) is 0 Å². The van der Waals surface area contributed by atoms with E-state index in [1.807, 2.05) is 11.8 Å². The average Bonchev–Trinajstić information content (AvgIpc) is 2.78. The zero-order valence-corrected chi connectivity index (χ0v) is 11.0. The Morgan fingerprint density at radius 3 is 3.06 bits per heavy atom. The van der Waals surface area contributed by atoms with Crippen molar-refractivity contribution in [2.45, 2.75) is 18.1 Å². The van der Waals surface area contributed by atoms with Gasteiger partial charge < -0.3 is 11.1 Å². The number of hydrogen-bond acceptors (Lipinski definition) is 3. The quantitative estimate of drug-likeness (QED) is 0.830. The molecule has 0 saturated carbocycles. The normalized spacial score (nSPS) is 19.2. The van der Waals surface area contributed by atoms with Crippen LogP contribution in [0.2, 0.25) is 5.02 Å². The van der Waals surface area contributed by atoms with Crippen molar-refractivity contribution in [2.24, 2.45) is 0 Å². The number of benzene rings is 1. The van der Waals surface area contributed by atoms with Gasteiger partial charge in [0.2, 0.25) is 0 Å². The third-order valence-corrected chi connectivity index (χ3v) is 4.46. The van der Waals surface area contributed by atoms with Crippen LogP contribution < -0.4 is 11.1 Å². The Balaban J connectivity index is 1.94. The van der Waals surface area contributed by atoms with E-state index in [4.69, 9.17) is 17.3 Å². The fraction of sp³-hybridized carbons (Fsp3) is 0.417. The number of halogens is 1. The molecule has 1 heterocycles. The molecule has 1 amide bonds. The third kappa shape index (κ3) is 3.30. The smallest absolute Gasteiger partial charge is 0.252 e. The van der Waals surface area contributed by atoms with Gasteiger partial charge in [-0.3, -0.25) is 4.79 Å². The van der Waals surface area contributed by atoms with Gasteiger partial charge in [0, 0.05) is 17.5 Å². The highest BCUT2D eigenvalue weighted by molar-refractivity contribution is 8.00. The molecule has 0 radical (unpaired) electrons. The van der Waals surface area contributed by atoms with Gasteiger partial charge in [0.05, 0.1) is 10.6 Å². The van der Waals surface area contributed by atoms with Crippen LogP contribution in [-0.4, -0.2) is 23.5 Å². The predicted octanol–water partition coefficient (Wildman–Crippen LogP) is 2.55. The first kappa shape index (κ1) is 12.6. The van der Waals surface area contributed by atoms with Crippen molar-refractivity contribution in [2.75, 3.05) is 18.0 Å². The Labute approximate surface area is 110 Å². The van der Waals surface area contributed by atoms with Crippen LogP contribution in [0.1, 0.15) is 23.2 Å². The van der Waals surface area contributed by atoms with Gasteiger partial charge in [0.1, 0.15) is 0 Å². The lowest BCUT2D eigenvalue weighted by Crippen LogP contribution is -2.29. The number of carbonyl (C=O) groups is 1. The molecule has 92 valence electrons. The minimum absolute atomic E-state index is 0.123. The maximum absolute atomic E-state index is 11.9. The van der Waals surface area contributed by atoms with Crippen molar-refractivity contribution < 1.29 is 4.79 Å². The average molecular weight is 271 g/mol. The Hall–Kier alpha value is -0.870. The number of carbonyl (C=O) groups excluding carboxylic acids is 1. The molecule has 1 aromatic rings. The number of anilines is 1. The summed E-state index contributed by atoms with van der Waals surface area (Å²) in [7, 11) is 0. The Bertz CT molecular complexity index is 419. The van der Waals surface area contributed by atoms with Crippen LogP contribution in [0.3, 0.4) is 0 Å². The van der Waals surface area contributed by atoms with Gasteiger partial charge in [-0.2, -0.15) is 11.8 Å². The second-order valence-electron chi connectivity index (χ2n) is 4.08. The van der Waals surface area contributed by atoms with Crippen LogP contribution >= 0.6 is 23.4 Å². The molecular weight excluding hydrogens is 256 g/mol. The number of nitrogens with one attached hydrogen (secondary N) is 1. The van der Waals surface area contributed by atoms with E-state index >= 15 is 0 Å². The number of hydrogen-bond donors (Lipinski definition) is 2. The number of thioether (sulfide) groups is 1. The van der Waals surface area contributed by atoms with Crippen molar-refractivity contribution in [3.05, 3.63) is 28.8 Å². The lowest BCUT2D eigenvalue weighted by molar-refractivity contribution is 0.0954. The summed E-state index contributed by atoms with van der Waals surface area (Å²) in [5.41, 5.74) is 6.64. The SMILES string of the molecule is Nc1ccc(C(=O)NCC2CCCS2)c(Cl)c1. The summed E-state index contributed by atoms with van der Waals surface area (Å²) in [5.74, 6) is 1.07. The minimum atomic E-state index is -0.123. The van der Waals surface area contributed by atoms with E-state index in [0.29, 0.717) is 28.1 Å². The van der Waals surface area contributed by atoms with Gasteiger partial charge in [0.25, 0.3) is 5.91 Å². The molecule has 17 heavy (non-hydrogen) atoms. The number of rotatable bonds is 3. The predicted molar refractivity (Wildman–Crippen MR) is 73.7 cm³/mol. The molecule has 2 rings (SSSR count). The Morgan fingerprint density at radius 2 is 2.41 bits per heavy atom. The first-order valence-corrected chi connectivity index (χ1v) is 7.04. The molecule has 0 aliphatic carbocycles. The lowest BCUT2D eigenvalue weighted by Gasteiger charge is -2.11. The number of amides is 1. The minimum Gasteiger partial charge on any atom is -0.399 e. The lowest BCUT2D eigenvalue weighted by atomic mass is 10.2. The van der Waals surface area contributed by atoms with Crippen LogP contribution in [-0.2, 0) is 0 Å². The molecule has 3 N–H and O–H groups in total. The summed E-state index contributed by atoms with van der Waals surface area (Å²) < 4.78 is 0. The van der Waals surface area contributed by atoms with Crippen molar-refractivity contribution >= 4 is 35.0 Å². The van der Waals surface area contributed by atoms with Gasteiger partial charge in [-0.15, -0.1) is 0 Å². The van der Waals surface area contributed by atoms with E-state index in [2.05, 4.69) is 5.32 Å². The summed E-state index contributed by atoms with van der Waals surface area (Å²) in [6.07, 6.45) is 2.42. The van der Waals surface area contributed by atoms with Crippen molar-refractivity contribution in [1.82, 2.24) is 5.32 Å². The largest absolute Gasteiger partial charge is 0.399 e. The molecule has 0 bridgehead atoms. The maximum atomic E-state index is 11.9. The summed E-state index contributed by atoms with van der Waals surface area (Å²) in [6.45, 7) is 0.713. The summed E-state index contributed by atoms with van der Waals surface area (Å²) in [4.78, 5) is 11.9. The highest BCUT2D eigenvalue weighted by atomic mass is 35.5. The van der Waals surface area contributed by atoms with Gasteiger partial charge in [-0.1, -0.05) is 11.6 Å². The summed E-state index contributed by atoms with van der Waals surface area (Å²) in [6, 6.07) is 4.95. The van der Waals surface area contributed by atoms with Gasteiger partial charge in [-0.25, -0.2) is 0 Å². The molecule has 1 fully saturated rings. The zero-order chi connectivity index (χ0) is 12.3. The van der Waals surface area contributed by atoms with Gasteiger partial charge in [-0.05, 0) is 36.8 Å². The van der Waals surface area contributed by atoms with Crippen LogP contribution in [0.15, 0.2) is 18.2 Å². The first-order chi connectivity index (χ1) is 8.16. The molecule has 1 aliphatic rings. The number of nitrogen functional groups attached to an aromatic ring is 1. The Kier molecular flexibility index (Phi) is 4.18. The van der Waals surface area contributed by atoms with E-state index in [1.54, 1.807) is 18.2 Å². The Morgan fingerprint density at radius 1 is 1.59 bits per heavy atom. The molecule has 5 heteroatoms. The fourth-order valence-corrected chi connectivity index (χ4v) is 3.30. The molecule has 0 spiro atoms.